The first-order valence-corrected chi connectivity index (χ1v) is 8.82. The van der Waals surface area contributed by atoms with Crippen LogP contribution in [0.25, 0.3) is 0 Å². The zero-order chi connectivity index (χ0) is 14.0. The number of hydrogen-bond acceptors (Lipinski definition) is 3. The summed E-state index contributed by atoms with van der Waals surface area (Å²) >= 11 is 0. The molecule has 0 amide bonds. The molecule has 0 aliphatic carbocycles. The molecule has 3 rings (SSSR count). The maximum absolute atomic E-state index is 12.7. The van der Waals surface area contributed by atoms with Gasteiger partial charge in [-0.25, -0.2) is 0 Å². The lowest BCUT2D eigenvalue weighted by atomic mass is 9.96. The largest absolute Gasteiger partial charge is 0.282 e. The van der Waals surface area contributed by atoms with Crippen LogP contribution in [0.3, 0.4) is 0 Å². The van der Waals surface area contributed by atoms with Gasteiger partial charge in [0.2, 0.25) is 0 Å². The number of rotatable bonds is 3. The van der Waals surface area contributed by atoms with Crippen molar-refractivity contribution in [2.24, 2.45) is 0 Å². The molecule has 6 nitrogen and oxygen atoms in total. The molecule has 0 radical (unpaired) electrons. The second-order valence-electron chi connectivity index (χ2n) is 5.68. The molecule has 1 aromatic heterocycles. The highest BCUT2D eigenvalue weighted by Crippen LogP contribution is 2.28. The van der Waals surface area contributed by atoms with Gasteiger partial charge in [-0.1, -0.05) is 6.42 Å². The predicted octanol–water partition coefficient (Wildman–Crippen LogP) is 1.32. The highest BCUT2D eigenvalue weighted by atomic mass is 32.2. The summed E-state index contributed by atoms with van der Waals surface area (Å²) < 4.78 is 28.7. The Bertz CT molecular complexity index is 523. The SMILES string of the molecule is O=S(=O)(N1CCCCC1)N1CCCC(c2ccn[nH]2)C1. The predicted molar refractivity (Wildman–Crippen MR) is 76.5 cm³/mol. The molecule has 7 heteroatoms. The second-order valence-corrected chi connectivity index (χ2v) is 7.61. The molecular weight excluding hydrogens is 276 g/mol. The third-order valence-electron chi connectivity index (χ3n) is 4.31. The first-order chi connectivity index (χ1) is 9.68. The van der Waals surface area contributed by atoms with Crippen LogP contribution >= 0.6 is 0 Å². The number of piperidine rings is 2. The highest BCUT2D eigenvalue weighted by molar-refractivity contribution is 7.86. The van der Waals surface area contributed by atoms with Crippen LogP contribution < -0.4 is 0 Å². The standard InChI is InChI=1S/C13H22N4O2S/c18-20(19,16-8-2-1-3-9-16)17-10-4-5-12(11-17)13-6-7-14-15-13/h6-7,12H,1-5,8-11H2,(H,14,15). The van der Waals surface area contributed by atoms with Crippen LogP contribution in [-0.4, -0.2) is 53.4 Å². The van der Waals surface area contributed by atoms with E-state index in [1.165, 1.54) is 0 Å². The summed E-state index contributed by atoms with van der Waals surface area (Å²) in [5.74, 6) is 0.241. The fourth-order valence-electron chi connectivity index (χ4n) is 3.16. The van der Waals surface area contributed by atoms with E-state index in [0.29, 0.717) is 26.2 Å². The molecule has 112 valence electrons. The summed E-state index contributed by atoms with van der Waals surface area (Å²) in [5.41, 5.74) is 1.04. The van der Waals surface area contributed by atoms with Crippen molar-refractivity contribution in [3.8, 4) is 0 Å². The lowest BCUT2D eigenvalue weighted by molar-refractivity contribution is 0.266. The van der Waals surface area contributed by atoms with Crippen LogP contribution in [0.15, 0.2) is 12.3 Å². The number of aromatic nitrogens is 2. The molecule has 1 unspecified atom stereocenters. The summed E-state index contributed by atoms with van der Waals surface area (Å²) in [6, 6.07) is 1.95. The Morgan fingerprint density at radius 3 is 2.55 bits per heavy atom. The van der Waals surface area contributed by atoms with Crippen LogP contribution in [0, 0.1) is 0 Å². The Hall–Kier alpha value is -0.920. The molecule has 2 aliphatic rings. The monoisotopic (exact) mass is 298 g/mol. The molecule has 2 aliphatic heterocycles. The molecule has 0 aromatic carbocycles. The number of nitrogens with one attached hydrogen (secondary N) is 1. The lowest BCUT2D eigenvalue weighted by Crippen LogP contribution is -2.49. The van der Waals surface area contributed by atoms with E-state index in [9.17, 15) is 8.42 Å². The minimum atomic E-state index is -3.28. The van der Waals surface area contributed by atoms with Crippen LogP contribution in [0.2, 0.25) is 0 Å². The van der Waals surface area contributed by atoms with Crippen molar-refractivity contribution in [1.29, 1.82) is 0 Å². The Balaban J connectivity index is 1.72. The Morgan fingerprint density at radius 2 is 1.85 bits per heavy atom. The highest BCUT2D eigenvalue weighted by Gasteiger charge is 2.34. The first-order valence-electron chi connectivity index (χ1n) is 7.42. The van der Waals surface area contributed by atoms with E-state index in [2.05, 4.69) is 10.2 Å². The quantitative estimate of drug-likeness (QED) is 0.915. The zero-order valence-corrected chi connectivity index (χ0v) is 12.5. The Morgan fingerprint density at radius 1 is 1.10 bits per heavy atom. The Kier molecular flexibility index (Phi) is 4.09. The zero-order valence-electron chi connectivity index (χ0n) is 11.7. The average Bonchev–Trinajstić information content (AvgIpc) is 3.03. The van der Waals surface area contributed by atoms with Gasteiger partial charge in [-0.3, -0.25) is 5.10 Å². The summed E-state index contributed by atoms with van der Waals surface area (Å²) in [7, 11) is -3.28. The van der Waals surface area contributed by atoms with E-state index < -0.39 is 10.2 Å². The minimum Gasteiger partial charge on any atom is -0.282 e. The smallest absolute Gasteiger partial charge is 0.281 e. The van der Waals surface area contributed by atoms with Gasteiger partial charge in [0.15, 0.2) is 0 Å². The van der Waals surface area contributed by atoms with Gasteiger partial charge in [0, 0.05) is 44.0 Å². The summed E-state index contributed by atoms with van der Waals surface area (Å²) in [4.78, 5) is 0. The van der Waals surface area contributed by atoms with Gasteiger partial charge in [0.1, 0.15) is 0 Å². The molecule has 20 heavy (non-hydrogen) atoms. The lowest BCUT2D eigenvalue weighted by Gasteiger charge is -2.36. The van der Waals surface area contributed by atoms with Crippen LogP contribution in [0.1, 0.15) is 43.7 Å². The van der Waals surface area contributed by atoms with Crippen LogP contribution in [0.5, 0.6) is 0 Å². The third kappa shape index (κ3) is 2.75. The van der Waals surface area contributed by atoms with E-state index in [4.69, 9.17) is 0 Å². The maximum atomic E-state index is 12.7. The van der Waals surface area contributed by atoms with Crippen molar-refractivity contribution in [1.82, 2.24) is 18.8 Å². The van der Waals surface area contributed by atoms with Gasteiger partial charge in [-0.15, -0.1) is 0 Å². The second kappa shape index (κ2) is 5.83. The number of hydrogen-bond donors (Lipinski definition) is 1. The van der Waals surface area contributed by atoms with E-state index in [1.807, 2.05) is 6.07 Å². The summed E-state index contributed by atoms with van der Waals surface area (Å²) in [5, 5.41) is 6.94. The molecule has 0 spiro atoms. The first kappa shape index (κ1) is 14.0. The molecule has 2 saturated heterocycles. The number of nitrogens with zero attached hydrogens (tertiary/aromatic N) is 3. The van der Waals surface area contributed by atoms with Gasteiger partial charge in [-0.2, -0.15) is 22.1 Å². The fourth-order valence-corrected chi connectivity index (χ4v) is 4.93. The summed E-state index contributed by atoms with van der Waals surface area (Å²) in [6.45, 7) is 2.56. The van der Waals surface area contributed by atoms with Crippen LogP contribution in [0.4, 0.5) is 0 Å². The number of H-pyrrole nitrogens is 1. The van der Waals surface area contributed by atoms with Gasteiger partial charge in [0.05, 0.1) is 0 Å². The van der Waals surface area contributed by atoms with Gasteiger partial charge >= 0.3 is 0 Å². The fraction of sp³-hybridized carbons (Fsp3) is 0.769. The molecule has 1 N–H and O–H groups in total. The average molecular weight is 298 g/mol. The van der Waals surface area contributed by atoms with E-state index in [-0.39, 0.29) is 5.92 Å². The van der Waals surface area contributed by atoms with Crippen molar-refractivity contribution >= 4 is 10.2 Å². The number of aromatic amines is 1. The van der Waals surface area contributed by atoms with Crippen molar-refractivity contribution < 1.29 is 8.42 Å². The normalized spacial score (nSPS) is 26.7. The molecule has 3 heterocycles. The van der Waals surface area contributed by atoms with E-state index in [0.717, 1.165) is 37.8 Å². The Labute approximate surface area is 120 Å². The van der Waals surface area contributed by atoms with E-state index >= 15 is 0 Å². The van der Waals surface area contributed by atoms with E-state index in [1.54, 1.807) is 14.8 Å². The van der Waals surface area contributed by atoms with Crippen molar-refractivity contribution in [2.45, 2.75) is 38.0 Å². The van der Waals surface area contributed by atoms with Gasteiger partial charge < -0.3 is 0 Å². The third-order valence-corrected chi connectivity index (χ3v) is 6.32. The minimum absolute atomic E-state index is 0.241. The molecule has 2 fully saturated rings. The van der Waals surface area contributed by atoms with Crippen LogP contribution in [-0.2, 0) is 10.2 Å². The van der Waals surface area contributed by atoms with Crippen molar-refractivity contribution in [2.75, 3.05) is 26.2 Å². The maximum Gasteiger partial charge on any atom is 0.281 e. The molecular formula is C13H22N4O2S. The van der Waals surface area contributed by atoms with Crippen molar-refractivity contribution in [3.63, 3.8) is 0 Å². The summed E-state index contributed by atoms with van der Waals surface area (Å²) in [6.07, 6.45) is 6.77. The molecule has 0 bridgehead atoms. The molecule has 0 saturated carbocycles. The van der Waals surface area contributed by atoms with Gasteiger partial charge in [0.25, 0.3) is 10.2 Å². The topological polar surface area (TPSA) is 69.3 Å². The molecule has 1 aromatic rings. The van der Waals surface area contributed by atoms with Crippen molar-refractivity contribution in [3.05, 3.63) is 18.0 Å². The van der Waals surface area contributed by atoms with Gasteiger partial charge in [-0.05, 0) is 31.7 Å². The molecule has 1 atom stereocenters.